The highest BCUT2D eigenvalue weighted by Gasteiger charge is 2.11. The molecule has 5 heteroatoms. The van der Waals surface area contributed by atoms with Gasteiger partial charge in [0.05, 0.1) is 13.2 Å². The number of anilines is 1. The van der Waals surface area contributed by atoms with E-state index in [2.05, 4.69) is 28.4 Å². The molecule has 2 aromatic rings. The molecule has 0 spiro atoms. The Hall–Kier alpha value is -2.37. The topological polar surface area (TPSA) is 50.8 Å². The lowest BCUT2D eigenvalue weighted by Crippen LogP contribution is -2.35. The monoisotopic (exact) mass is 354 g/mol. The Kier molecular flexibility index (Phi) is 6.26. The lowest BCUT2D eigenvalue weighted by Gasteiger charge is -2.26. The number of hydrogen-bond acceptors (Lipinski definition) is 4. The number of ether oxygens (including phenoxy) is 2. The van der Waals surface area contributed by atoms with Crippen molar-refractivity contribution in [2.75, 3.05) is 38.2 Å². The van der Waals surface area contributed by atoms with Gasteiger partial charge in [-0.1, -0.05) is 18.2 Å². The van der Waals surface area contributed by atoms with Gasteiger partial charge in [0.15, 0.2) is 6.61 Å². The van der Waals surface area contributed by atoms with Crippen LogP contribution in [0, 0.1) is 13.8 Å². The van der Waals surface area contributed by atoms with E-state index < -0.39 is 0 Å². The zero-order chi connectivity index (χ0) is 18.4. The van der Waals surface area contributed by atoms with Gasteiger partial charge in [-0.3, -0.25) is 9.69 Å². The van der Waals surface area contributed by atoms with Gasteiger partial charge < -0.3 is 14.8 Å². The SMILES string of the molecule is Cc1cc(C)cc(OCC(=O)Nc2ccc(CN3CCOCC3)cc2)c1. The average Bonchev–Trinajstić information content (AvgIpc) is 2.62. The quantitative estimate of drug-likeness (QED) is 0.866. The Bertz CT molecular complexity index is 717. The smallest absolute Gasteiger partial charge is 0.262 e. The van der Waals surface area contributed by atoms with Crippen LogP contribution in [0.2, 0.25) is 0 Å². The first-order valence-corrected chi connectivity index (χ1v) is 8.98. The third-order valence-electron chi connectivity index (χ3n) is 4.31. The third-order valence-corrected chi connectivity index (χ3v) is 4.31. The van der Waals surface area contributed by atoms with Crippen LogP contribution in [-0.2, 0) is 16.1 Å². The number of nitrogens with one attached hydrogen (secondary N) is 1. The Labute approximate surface area is 154 Å². The minimum absolute atomic E-state index is 0.00156. The van der Waals surface area contributed by atoms with E-state index in [1.807, 2.05) is 38.1 Å². The zero-order valence-corrected chi connectivity index (χ0v) is 15.5. The number of aryl methyl sites for hydroxylation is 2. The van der Waals surface area contributed by atoms with Crippen LogP contribution in [0.25, 0.3) is 0 Å². The average molecular weight is 354 g/mol. The summed E-state index contributed by atoms with van der Waals surface area (Å²) in [6.07, 6.45) is 0. The highest BCUT2D eigenvalue weighted by molar-refractivity contribution is 5.91. The standard InChI is InChI=1S/C21H26N2O3/c1-16-11-17(2)13-20(12-16)26-15-21(24)22-19-5-3-18(4-6-19)14-23-7-9-25-10-8-23/h3-6,11-13H,7-10,14-15H2,1-2H3,(H,22,24). The van der Waals surface area contributed by atoms with Crippen molar-refractivity contribution in [3.63, 3.8) is 0 Å². The molecular formula is C21H26N2O3. The van der Waals surface area contributed by atoms with E-state index in [-0.39, 0.29) is 12.5 Å². The van der Waals surface area contributed by atoms with Gasteiger partial charge in [-0.15, -0.1) is 0 Å². The van der Waals surface area contributed by atoms with Gasteiger partial charge in [-0.25, -0.2) is 0 Å². The van der Waals surface area contributed by atoms with Crippen molar-refractivity contribution in [3.8, 4) is 5.75 Å². The maximum atomic E-state index is 12.1. The van der Waals surface area contributed by atoms with Crippen LogP contribution in [0.3, 0.4) is 0 Å². The molecule has 1 N–H and O–H groups in total. The van der Waals surface area contributed by atoms with Crippen LogP contribution in [0.4, 0.5) is 5.69 Å². The van der Waals surface area contributed by atoms with Crippen LogP contribution in [0.1, 0.15) is 16.7 Å². The second-order valence-corrected chi connectivity index (χ2v) is 6.75. The number of nitrogens with zero attached hydrogens (tertiary/aromatic N) is 1. The molecule has 0 aromatic heterocycles. The van der Waals surface area contributed by atoms with Crippen LogP contribution in [0.5, 0.6) is 5.75 Å². The molecule has 138 valence electrons. The van der Waals surface area contributed by atoms with Gasteiger partial charge in [0.2, 0.25) is 0 Å². The van der Waals surface area contributed by atoms with Crippen molar-refractivity contribution in [1.82, 2.24) is 4.90 Å². The lowest BCUT2D eigenvalue weighted by molar-refractivity contribution is -0.118. The Morgan fingerprint density at radius 2 is 1.73 bits per heavy atom. The van der Waals surface area contributed by atoms with Crippen molar-refractivity contribution in [3.05, 3.63) is 59.2 Å². The molecule has 0 atom stereocenters. The number of hydrogen-bond donors (Lipinski definition) is 1. The van der Waals surface area contributed by atoms with E-state index >= 15 is 0 Å². The fraction of sp³-hybridized carbons (Fsp3) is 0.381. The summed E-state index contributed by atoms with van der Waals surface area (Å²) in [5.74, 6) is 0.559. The number of rotatable bonds is 6. The van der Waals surface area contributed by atoms with Crippen LogP contribution in [-0.4, -0.2) is 43.7 Å². The largest absolute Gasteiger partial charge is 0.484 e. The zero-order valence-electron chi connectivity index (χ0n) is 15.5. The number of carbonyl (C=O) groups is 1. The van der Waals surface area contributed by atoms with Gasteiger partial charge in [-0.05, 0) is 54.8 Å². The molecule has 1 saturated heterocycles. The summed E-state index contributed by atoms with van der Waals surface area (Å²) in [6.45, 7) is 8.47. The van der Waals surface area contributed by atoms with E-state index in [1.165, 1.54) is 5.56 Å². The molecule has 3 rings (SSSR count). The molecule has 5 nitrogen and oxygen atoms in total. The molecular weight excluding hydrogens is 328 g/mol. The minimum Gasteiger partial charge on any atom is -0.484 e. The summed E-state index contributed by atoms with van der Waals surface area (Å²) in [5, 5.41) is 2.87. The summed E-state index contributed by atoms with van der Waals surface area (Å²) in [4.78, 5) is 14.5. The Balaban J connectivity index is 1.47. The third kappa shape index (κ3) is 5.58. The maximum absolute atomic E-state index is 12.1. The highest BCUT2D eigenvalue weighted by Crippen LogP contribution is 2.16. The fourth-order valence-electron chi connectivity index (χ4n) is 3.07. The molecule has 0 bridgehead atoms. The molecule has 2 aromatic carbocycles. The second kappa shape index (κ2) is 8.83. The number of benzene rings is 2. The summed E-state index contributed by atoms with van der Waals surface area (Å²) in [7, 11) is 0. The van der Waals surface area contributed by atoms with E-state index in [0.717, 1.165) is 55.4 Å². The number of morpholine rings is 1. The molecule has 1 heterocycles. The normalized spacial score (nSPS) is 14.8. The minimum atomic E-state index is -0.162. The van der Waals surface area contributed by atoms with Gasteiger partial charge >= 0.3 is 0 Å². The predicted molar refractivity (Wildman–Crippen MR) is 103 cm³/mol. The predicted octanol–water partition coefficient (Wildman–Crippen LogP) is 3.15. The molecule has 1 aliphatic heterocycles. The van der Waals surface area contributed by atoms with E-state index in [0.29, 0.717) is 0 Å². The van der Waals surface area contributed by atoms with E-state index in [4.69, 9.17) is 9.47 Å². The molecule has 0 aliphatic carbocycles. The fourth-order valence-corrected chi connectivity index (χ4v) is 3.07. The molecule has 0 unspecified atom stereocenters. The van der Waals surface area contributed by atoms with Gasteiger partial charge in [0, 0.05) is 25.3 Å². The molecule has 1 amide bonds. The summed E-state index contributed by atoms with van der Waals surface area (Å²) in [5.41, 5.74) is 4.26. The van der Waals surface area contributed by atoms with Crippen molar-refractivity contribution < 1.29 is 14.3 Å². The molecule has 1 aliphatic rings. The number of carbonyl (C=O) groups excluding carboxylic acids is 1. The lowest BCUT2D eigenvalue weighted by atomic mass is 10.1. The van der Waals surface area contributed by atoms with Crippen LogP contribution in [0.15, 0.2) is 42.5 Å². The first kappa shape index (κ1) is 18.4. The van der Waals surface area contributed by atoms with E-state index in [9.17, 15) is 4.79 Å². The molecule has 26 heavy (non-hydrogen) atoms. The van der Waals surface area contributed by atoms with Gasteiger partial charge in [0.25, 0.3) is 5.91 Å². The van der Waals surface area contributed by atoms with Gasteiger partial charge in [0.1, 0.15) is 5.75 Å². The van der Waals surface area contributed by atoms with Crippen molar-refractivity contribution in [2.24, 2.45) is 0 Å². The maximum Gasteiger partial charge on any atom is 0.262 e. The summed E-state index contributed by atoms with van der Waals surface area (Å²) >= 11 is 0. The van der Waals surface area contributed by atoms with Gasteiger partial charge in [-0.2, -0.15) is 0 Å². The first-order chi connectivity index (χ1) is 12.6. The van der Waals surface area contributed by atoms with Crippen LogP contribution < -0.4 is 10.1 Å². The summed E-state index contributed by atoms with van der Waals surface area (Å²) in [6, 6.07) is 13.9. The Morgan fingerprint density at radius 3 is 2.38 bits per heavy atom. The molecule has 0 saturated carbocycles. The number of amides is 1. The Morgan fingerprint density at radius 1 is 1.08 bits per heavy atom. The molecule has 1 fully saturated rings. The highest BCUT2D eigenvalue weighted by atomic mass is 16.5. The van der Waals surface area contributed by atoms with E-state index in [1.54, 1.807) is 0 Å². The summed E-state index contributed by atoms with van der Waals surface area (Å²) < 4.78 is 11.0. The van der Waals surface area contributed by atoms with Crippen LogP contribution >= 0.6 is 0 Å². The first-order valence-electron chi connectivity index (χ1n) is 8.98. The second-order valence-electron chi connectivity index (χ2n) is 6.75. The molecule has 0 radical (unpaired) electrons. The van der Waals surface area contributed by atoms with Crippen molar-refractivity contribution >= 4 is 11.6 Å². The van der Waals surface area contributed by atoms with Crippen molar-refractivity contribution in [2.45, 2.75) is 20.4 Å². The van der Waals surface area contributed by atoms with Crippen molar-refractivity contribution in [1.29, 1.82) is 0 Å².